The van der Waals surface area contributed by atoms with Crippen molar-refractivity contribution in [2.45, 2.75) is 0 Å². The third kappa shape index (κ3) is 4.52. The Bertz CT molecular complexity index is 4320. The van der Waals surface area contributed by atoms with E-state index in [9.17, 15) is 11.0 Å². The molecule has 0 radical (unpaired) electrons. The third-order valence-electron chi connectivity index (χ3n) is 7.54. The maximum atomic E-state index is 9.58. The highest BCUT2D eigenvalue weighted by atomic mass is 16.3. The largest absolute Gasteiger partial charge is 0.454 e. The predicted octanol–water partition coefficient (Wildman–Crippen LogP) is 11.5. The van der Waals surface area contributed by atoms with Gasteiger partial charge in [0.15, 0.2) is 23.1 Å². The molecule has 10 rings (SSSR count). The first-order valence-electron chi connectivity index (χ1n) is 28.4. The van der Waals surface area contributed by atoms with Crippen molar-refractivity contribution in [2.24, 2.45) is 0 Å². The molecule has 5 heteroatoms. The highest BCUT2D eigenvalue weighted by Gasteiger charge is 2.21. The van der Waals surface area contributed by atoms with Crippen molar-refractivity contribution in [1.29, 1.82) is 0 Å². The van der Waals surface area contributed by atoms with Gasteiger partial charge in [0.25, 0.3) is 0 Å². The number of nitrogens with zero attached hydrogens (tertiary/aromatic N) is 4. The Kier molecular flexibility index (Phi) is 2.72. The van der Waals surface area contributed by atoms with Crippen LogP contribution in [0.3, 0.4) is 0 Å². The molecular weight excluding hydrogens is 613 g/mol. The van der Waals surface area contributed by atoms with Gasteiger partial charge in [0.05, 0.1) is 55.1 Å². The van der Waals surface area contributed by atoms with Gasteiger partial charge in [-0.3, -0.25) is 0 Å². The summed E-state index contributed by atoms with van der Waals surface area (Å²) >= 11 is 0. The lowest BCUT2D eigenvalue weighted by Crippen LogP contribution is -2.00. The number of aromatic nitrogens is 4. The second kappa shape index (κ2) is 11.4. The zero-order valence-corrected chi connectivity index (χ0v) is 24.7. The number of benzene rings is 7. The van der Waals surface area contributed by atoms with Gasteiger partial charge in [-0.15, -0.1) is 0 Å². The van der Waals surface area contributed by atoms with Crippen LogP contribution in [-0.2, 0) is 0 Å². The fourth-order valence-electron chi connectivity index (χ4n) is 5.46. The highest BCUT2D eigenvalue weighted by molar-refractivity contribution is 6.16. The standard InChI is InChI=1S/C45H28N4O/c1-4-14-29(15-5-1)32-26-27-38-36(28-32)33-20-10-11-23-37(33)49(38)39-24-12-21-34-41-35(22-13-25-40(41)50-42(34)39)45-47-43(30-16-6-2-7-17-30)46-44(48-45)31-18-8-3-9-19-31/h1-28H/i1D,2D,3D,4D,5D,6D,7D,8D,9D,10D,11D,12D,13D,14D,15D,16D,17D,18D,19D,20D,21D,22D,23D,24D,25D,26D,27D,28D. The molecule has 3 heterocycles. The molecule has 5 nitrogen and oxygen atoms in total. The third-order valence-corrected chi connectivity index (χ3v) is 7.54. The van der Waals surface area contributed by atoms with Crippen LogP contribution in [0.4, 0.5) is 0 Å². The molecule has 0 spiro atoms. The second-order valence-electron chi connectivity index (χ2n) is 10.3. The number of hydrogen-bond donors (Lipinski definition) is 0. The van der Waals surface area contributed by atoms with Crippen molar-refractivity contribution in [2.75, 3.05) is 0 Å². The molecule has 0 N–H and O–H groups in total. The summed E-state index contributed by atoms with van der Waals surface area (Å²) in [6, 6.07) is -25.4. The molecule has 0 aliphatic rings. The molecule has 0 aliphatic carbocycles. The van der Waals surface area contributed by atoms with Gasteiger partial charge in [-0.05, 0) is 41.3 Å². The summed E-state index contributed by atoms with van der Waals surface area (Å²) in [5, 5.41) is -2.36. The van der Waals surface area contributed by atoms with E-state index in [2.05, 4.69) is 15.0 Å². The highest BCUT2D eigenvalue weighted by Crippen LogP contribution is 2.41. The van der Waals surface area contributed by atoms with E-state index in [4.69, 9.17) is 31.8 Å². The maximum Gasteiger partial charge on any atom is 0.164 e. The van der Waals surface area contributed by atoms with Crippen molar-refractivity contribution >= 4 is 43.7 Å². The van der Waals surface area contributed by atoms with Gasteiger partial charge in [-0.2, -0.15) is 0 Å². The number of fused-ring (bicyclic) bond motifs is 6. The molecule has 50 heavy (non-hydrogen) atoms. The summed E-state index contributed by atoms with van der Waals surface area (Å²) in [6.45, 7) is 0. The molecule has 0 amide bonds. The summed E-state index contributed by atoms with van der Waals surface area (Å²) in [6.07, 6.45) is 0. The van der Waals surface area contributed by atoms with Crippen LogP contribution in [0, 0.1) is 0 Å². The number of hydrogen-bond acceptors (Lipinski definition) is 4. The lowest BCUT2D eigenvalue weighted by Gasteiger charge is -2.10. The molecule has 7 aromatic carbocycles. The molecule has 0 bridgehead atoms. The number of rotatable bonds is 5. The Morgan fingerprint density at radius 2 is 1.02 bits per heavy atom. The first-order chi connectivity index (χ1) is 36.4. The van der Waals surface area contributed by atoms with Gasteiger partial charge < -0.3 is 8.98 Å². The van der Waals surface area contributed by atoms with Crippen molar-refractivity contribution in [3.63, 3.8) is 0 Å². The van der Waals surface area contributed by atoms with Crippen molar-refractivity contribution in [3.05, 3.63) is 169 Å². The van der Waals surface area contributed by atoms with Crippen LogP contribution < -0.4 is 0 Å². The van der Waals surface area contributed by atoms with Crippen LogP contribution in [0.2, 0.25) is 0 Å². The molecule has 0 saturated heterocycles. The average Bonchev–Trinajstić information content (AvgIpc) is 3.99. The van der Waals surface area contributed by atoms with Crippen LogP contribution in [-0.4, -0.2) is 19.5 Å². The Labute approximate surface area is 327 Å². The molecule has 0 unspecified atom stereocenters. The molecule has 0 atom stereocenters. The lowest BCUT2D eigenvalue weighted by molar-refractivity contribution is 0.666. The molecular formula is C45H28N4O. The second-order valence-corrected chi connectivity index (χ2v) is 10.3. The van der Waals surface area contributed by atoms with Crippen molar-refractivity contribution in [3.8, 4) is 51.0 Å². The molecule has 10 aromatic rings. The Morgan fingerprint density at radius 1 is 0.440 bits per heavy atom. The molecule has 3 aromatic heterocycles. The topological polar surface area (TPSA) is 56.7 Å². The summed E-state index contributed by atoms with van der Waals surface area (Å²) in [5.74, 6) is -2.46. The minimum absolute atomic E-state index is 0.567. The first kappa shape index (κ1) is 11.9. The van der Waals surface area contributed by atoms with Gasteiger partial charge in [-0.25, -0.2) is 15.0 Å². The number of para-hydroxylation sites is 2. The van der Waals surface area contributed by atoms with Gasteiger partial charge in [-0.1, -0.05) is 139 Å². The van der Waals surface area contributed by atoms with Gasteiger partial charge in [0, 0.05) is 38.2 Å². The zero-order chi connectivity index (χ0) is 57.4. The van der Waals surface area contributed by atoms with Gasteiger partial charge in [0.2, 0.25) is 0 Å². The van der Waals surface area contributed by atoms with Gasteiger partial charge >= 0.3 is 0 Å². The molecule has 0 fully saturated rings. The van der Waals surface area contributed by atoms with Crippen molar-refractivity contribution in [1.82, 2.24) is 19.5 Å². The van der Waals surface area contributed by atoms with Crippen LogP contribution in [0.25, 0.3) is 94.7 Å². The van der Waals surface area contributed by atoms with E-state index >= 15 is 0 Å². The van der Waals surface area contributed by atoms with E-state index in [0.29, 0.717) is 0 Å². The van der Waals surface area contributed by atoms with Crippen LogP contribution in [0.1, 0.15) is 38.4 Å². The van der Waals surface area contributed by atoms with Gasteiger partial charge in [0.1, 0.15) is 5.58 Å². The monoisotopic (exact) mass is 668 g/mol. The van der Waals surface area contributed by atoms with Crippen molar-refractivity contribution < 1.29 is 42.8 Å². The summed E-state index contributed by atoms with van der Waals surface area (Å²) < 4.78 is 254. The van der Waals surface area contributed by atoms with E-state index in [0.717, 1.165) is 4.57 Å². The molecule has 234 valence electrons. The van der Waals surface area contributed by atoms with E-state index in [-0.39, 0.29) is 0 Å². The summed E-state index contributed by atoms with van der Waals surface area (Å²) in [5.41, 5.74) is -7.11. The Morgan fingerprint density at radius 3 is 1.74 bits per heavy atom. The summed E-state index contributed by atoms with van der Waals surface area (Å²) in [7, 11) is 0. The first-order valence-corrected chi connectivity index (χ1v) is 14.4. The normalized spacial score (nSPS) is 19.4. The Hall–Kier alpha value is -6.85. The molecule has 0 saturated carbocycles. The minimum atomic E-state index is -1.01. The fraction of sp³-hybridized carbons (Fsp3) is 0. The van der Waals surface area contributed by atoms with E-state index in [1.165, 1.54) is 0 Å². The van der Waals surface area contributed by atoms with Crippen LogP contribution in [0.5, 0.6) is 0 Å². The zero-order valence-electron chi connectivity index (χ0n) is 52.7. The quantitative estimate of drug-likeness (QED) is 0.183. The van der Waals surface area contributed by atoms with Crippen LogP contribution in [0.15, 0.2) is 174 Å². The van der Waals surface area contributed by atoms with Crippen LogP contribution >= 0.6 is 0 Å². The minimum Gasteiger partial charge on any atom is -0.454 e. The maximum absolute atomic E-state index is 9.58. The fourth-order valence-corrected chi connectivity index (χ4v) is 5.46. The Balaban J connectivity index is 1.42. The van der Waals surface area contributed by atoms with E-state index < -0.39 is 264 Å². The number of furan rings is 1. The average molecular weight is 669 g/mol. The van der Waals surface area contributed by atoms with E-state index in [1.807, 2.05) is 0 Å². The molecule has 0 aliphatic heterocycles. The van der Waals surface area contributed by atoms with E-state index in [1.54, 1.807) is 0 Å². The predicted molar refractivity (Wildman–Crippen MR) is 203 cm³/mol. The lowest BCUT2D eigenvalue weighted by atomic mass is 10.0. The SMILES string of the molecule is [2H]c1c([2H])c([2H])c(-c2nc(-c3c([2H])c([2H])c([2H])c([2H])c3[2H])nc(-c3c([2H])c([2H])c([2H])c4oc5c(-n6c7c([2H])c([2H])c([2H])c([2H])c7c7c([2H])c(-c8c([2H])c([2H])c([2H])c([2H])c8[2H])c([2H])c([2H])c76)c([2H])c([2H])c([2H])c5c34)n2)c([2H])c1[2H]. The summed E-state index contributed by atoms with van der Waals surface area (Å²) in [4.78, 5) is 13.0. The smallest absolute Gasteiger partial charge is 0.164 e.